The molecular formula is C24H17BrF3NO3S. The molecule has 0 spiro atoms. The molecule has 1 aliphatic rings. The molecule has 0 aliphatic carbocycles. The Balaban J connectivity index is 1.81. The lowest BCUT2D eigenvalue weighted by atomic mass is 9.99. The first-order chi connectivity index (χ1) is 15.6. The van der Waals surface area contributed by atoms with Gasteiger partial charge in [0.25, 0.3) is 11.7 Å². The van der Waals surface area contributed by atoms with Crippen LogP contribution in [0.1, 0.15) is 33.2 Å². The number of benzene rings is 2. The first kappa shape index (κ1) is 23.3. The molecule has 1 aromatic heterocycles. The summed E-state index contributed by atoms with van der Waals surface area (Å²) in [5, 5.41) is 12.8. The lowest BCUT2D eigenvalue weighted by Crippen LogP contribution is -2.29. The van der Waals surface area contributed by atoms with Crippen molar-refractivity contribution in [2.45, 2.75) is 25.7 Å². The third-order valence-corrected chi connectivity index (χ3v) is 7.21. The van der Waals surface area contributed by atoms with Crippen molar-refractivity contribution in [2.75, 3.05) is 0 Å². The molecule has 33 heavy (non-hydrogen) atoms. The fourth-order valence-electron chi connectivity index (χ4n) is 3.78. The van der Waals surface area contributed by atoms with Gasteiger partial charge in [-0.1, -0.05) is 40.2 Å². The van der Waals surface area contributed by atoms with E-state index in [9.17, 15) is 27.9 Å². The minimum Gasteiger partial charge on any atom is -0.507 e. The van der Waals surface area contributed by atoms with Crippen LogP contribution in [-0.2, 0) is 22.3 Å². The van der Waals surface area contributed by atoms with Gasteiger partial charge >= 0.3 is 6.18 Å². The number of aliphatic hydroxyl groups excluding tert-OH is 1. The third kappa shape index (κ3) is 4.47. The fourth-order valence-corrected chi connectivity index (χ4v) is 4.87. The number of aliphatic hydroxyl groups is 1. The molecule has 3 aromatic rings. The maximum atomic E-state index is 13.2. The Kier molecular flexibility index (Phi) is 6.20. The van der Waals surface area contributed by atoms with Crippen molar-refractivity contribution in [2.24, 2.45) is 0 Å². The molecule has 1 fully saturated rings. The second-order valence-corrected chi connectivity index (χ2v) is 9.44. The SMILES string of the molecule is Cc1cc(/C(O)=C2/C(=O)C(=O)N(Cc3cccc(C(F)(F)F)c3)C2c2cccs2)ccc1Br. The number of rotatable bonds is 4. The highest BCUT2D eigenvalue weighted by molar-refractivity contribution is 9.10. The number of aryl methyl sites for hydroxylation is 1. The highest BCUT2D eigenvalue weighted by Crippen LogP contribution is 2.42. The maximum Gasteiger partial charge on any atom is 0.416 e. The van der Waals surface area contributed by atoms with Crippen molar-refractivity contribution < 1.29 is 27.9 Å². The van der Waals surface area contributed by atoms with Gasteiger partial charge in [-0.25, -0.2) is 0 Å². The topological polar surface area (TPSA) is 57.6 Å². The van der Waals surface area contributed by atoms with Crippen LogP contribution >= 0.6 is 27.3 Å². The predicted molar refractivity (Wildman–Crippen MR) is 122 cm³/mol. The van der Waals surface area contributed by atoms with Crippen molar-refractivity contribution in [3.8, 4) is 0 Å². The quantitative estimate of drug-likeness (QED) is 0.237. The summed E-state index contributed by atoms with van der Waals surface area (Å²) in [5.41, 5.74) is 0.498. The van der Waals surface area contributed by atoms with Gasteiger partial charge in [-0.15, -0.1) is 11.3 Å². The van der Waals surface area contributed by atoms with Crippen LogP contribution in [0.15, 0.2) is 70.0 Å². The highest BCUT2D eigenvalue weighted by Gasteiger charge is 2.46. The van der Waals surface area contributed by atoms with Gasteiger partial charge in [-0.05, 0) is 53.8 Å². The average molecular weight is 536 g/mol. The number of nitrogens with zero attached hydrogens (tertiary/aromatic N) is 1. The summed E-state index contributed by atoms with van der Waals surface area (Å²) in [5.74, 6) is -2.08. The number of ketones is 1. The lowest BCUT2D eigenvalue weighted by Gasteiger charge is -2.24. The number of hydrogen-bond donors (Lipinski definition) is 1. The normalized spacial score (nSPS) is 18.2. The number of amides is 1. The molecule has 1 atom stereocenters. The zero-order valence-electron chi connectivity index (χ0n) is 17.2. The van der Waals surface area contributed by atoms with Crippen LogP contribution in [0.3, 0.4) is 0 Å². The van der Waals surface area contributed by atoms with E-state index in [4.69, 9.17) is 0 Å². The molecule has 1 amide bonds. The molecule has 9 heteroatoms. The third-order valence-electron chi connectivity index (χ3n) is 5.39. The molecule has 1 N–H and O–H groups in total. The van der Waals surface area contributed by atoms with Crippen LogP contribution in [0.2, 0.25) is 0 Å². The van der Waals surface area contributed by atoms with Gasteiger partial charge < -0.3 is 10.0 Å². The second kappa shape index (κ2) is 8.79. The van der Waals surface area contributed by atoms with Crippen molar-refractivity contribution in [3.63, 3.8) is 0 Å². The van der Waals surface area contributed by atoms with E-state index in [1.54, 1.807) is 35.7 Å². The number of carbonyl (C=O) groups excluding carboxylic acids is 2. The van der Waals surface area contributed by atoms with Gasteiger partial charge in [-0.3, -0.25) is 9.59 Å². The molecule has 0 radical (unpaired) electrons. The second-order valence-electron chi connectivity index (χ2n) is 7.60. The number of thiophene rings is 1. The molecule has 1 aliphatic heterocycles. The minimum atomic E-state index is -4.53. The van der Waals surface area contributed by atoms with Gasteiger partial charge in [0, 0.05) is 21.5 Å². The van der Waals surface area contributed by atoms with Gasteiger partial charge in [0.05, 0.1) is 17.2 Å². The average Bonchev–Trinajstić information content (AvgIpc) is 3.38. The number of Topliss-reactive ketones (excluding diaryl/α,β-unsaturated/α-hetero) is 1. The smallest absolute Gasteiger partial charge is 0.416 e. The molecule has 0 bridgehead atoms. The van der Waals surface area contributed by atoms with Crippen LogP contribution in [0, 0.1) is 6.92 Å². The zero-order valence-corrected chi connectivity index (χ0v) is 19.6. The molecule has 170 valence electrons. The Morgan fingerprint density at radius 1 is 1.12 bits per heavy atom. The first-order valence-corrected chi connectivity index (χ1v) is 11.5. The van der Waals surface area contributed by atoms with Crippen LogP contribution in [0.4, 0.5) is 13.2 Å². The van der Waals surface area contributed by atoms with Crippen molar-refractivity contribution in [3.05, 3.63) is 97.2 Å². The lowest BCUT2D eigenvalue weighted by molar-refractivity contribution is -0.140. The van der Waals surface area contributed by atoms with Crippen LogP contribution in [0.25, 0.3) is 5.76 Å². The van der Waals surface area contributed by atoms with E-state index in [1.807, 2.05) is 6.92 Å². The van der Waals surface area contributed by atoms with E-state index in [-0.39, 0.29) is 23.4 Å². The predicted octanol–water partition coefficient (Wildman–Crippen LogP) is 6.46. The standard InChI is InChI=1S/C24H17BrF3NO3S/c1-13-10-15(7-8-17(13)25)21(30)19-20(18-6-3-9-33-18)29(23(32)22(19)31)12-14-4-2-5-16(11-14)24(26,27)28/h2-11,20,30H,12H2,1H3/b21-19-. The van der Waals surface area contributed by atoms with E-state index in [2.05, 4.69) is 15.9 Å². The highest BCUT2D eigenvalue weighted by atomic mass is 79.9. The molecule has 4 nitrogen and oxygen atoms in total. The number of alkyl halides is 3. The van der Waals surface area contributed by atoms with E-state index >= 15 is 0 Å². The van der Waals surface area contributed by atoms with Crippen LogP contribution < -0.4 is 0 Å². The van der Waals surface area contributed by atoms with Crippen LogP contribution in [-0.4, -0.2) is 21.7 Å². The summed E-state index contributed by atoms with van der Waals surface area (Å²) in [6.07, 6.45) is -4.53. The Morgan fingerprint density at radius 3 is 2.52 bits per heavy atom. The fraction of sp³-hybridized carbons (Fsp3) is 0.167. The summed E-state index contributed by atoms with van der Waals surface area (Å²) in [4.78, 5) is 27.8. The summed E-state index contributed by atoms with van der Waals surface area (Å²) >= 11 is 4.68. The summed E-state index contributed by atoms with van der Waals surface area (Å²) in [6.45, 7) is 1.61. The number of carbonyl (C=O) groups is 2. The van der Waals surface area contributed by atoms with E-state index in [1.165, 1.54) is 28.4 Å². The van der Waals surface area contributed by atoms with Crippen molar-refractivity contribution in [1.29, 1.82) is 0 Å². The number of likely N-dealkylation sites (tertiary alicyclic amines) is 1. The molecule has 1 unspecified atom stereocenters. The monoisotopic (exact) mass is 535 g/mol. The Bertz CT molecular complexity index is 1270. The Labute approximate surface area is 200 Å². The largest absolute Gasteiger partial charge is 0.507 e. The minimum absolute atomic E-state index is 0.0869. The van der Waals surface area contributed by atoms with Crippen molar-refractivity contribution >= 4 is 44.7 Å². The molecule has 4 rings (SSSR count). The van der Waals surface area contributed by atoms with Gasteiger partial charge in [0.15, 0.2) is 0 Å². The Morgan fingerprint density at radius 2 is 1.88 bits per heavy atom. The summed E-state index contributed by atoms with van der Waals surface area (Å²) in [6, 6.07) is 12.2. The van der Waals surface area contributed by atoms with Gasteiger partial charge in [0.1, 0.15) is 5.76 Å². The zero-order chi connectivity index (χ0) is 23.9. The molecule has 0 saturated carbocycles. The molecular weight excluding hydrogens is 519 g/mol. The summed E-state index contributed by atoms with van der Waals surface area (Å²) in [7, 11) is 0. The first-order valence-electron chi connectivity index (χ1n) is 9.82. The molecule has 2 heterocycles. The summed E-state index contributed by atoms with van der Waals surface area (Å²) < 4.78 is 40.3. The van der Waals surface area contributed by atoms with E-state index < -0.39 is 29.5 Å². The molecule has 2 aromatic carbocycles. The van der Waals surface area contributed by atoms with E-state index in [0.29, 0.717) is 10.4 Å². The number of hydrogen-bond acceptors (Lipinski definition) is 4. The van der Waals surface area contributed by atoms with Crippen LogP contribution in [0.5, 0.6) is 0 Å². The van der Waals surface area contributed by atoms with E-state index in [0.717, 1.165) is 22.2 Å². The van der Waals surface area contributed by atoms with Crippen molar-refractivity contribution in [1.82, 2.24) is 4.90 Å². The maximum absolute atomic E-state index is 13.2. The number of halogens is 4. The molecule has 1 saturated heterocycles. The van der Waals surface area contributed by atoms with Gasteiger partial charge in [-0.2, -0.15) is 13.2 Å². The Hall–Kier alpha value is -2.91. The van der Waals surface area contributed by atoms with Gasteiger partial charge in [0.2, 0.25) is 0 Å².